The Kier molecular flexibility index (Phi) is 6.46. The fourth-order valence-electron chi connectivity index (χ4n) is 6.70. The molecule has 36 heavy (non-hydrogen) atoms. The van der Waals surface area contributed by atoms with E-state index in [4.69, 9.17) is 4.42 Å². The Hall–Kier alpha value is -2.36. The molecular weight excluding hydrogens is 482 g/mol. The summed E-state index contributed by atoms with van der Waals surface area (Å²) in [6.07, 6.45) is 10.1. The highest BCUT2D eigenvalue weighted by Crippen LogP contribution is 2.48. The molecule has 0 spiro atoms. The highest BCUT2D eigenvalue weighted by Gasteiger charge is 2.69. The van der Waals surface area contributed by atoms with E-state index < -0.39 is 37.4 Å². The van der Waals surface area contributed by atoms with Crippen molar-refractivity contribution in [1.82, 2.24) is 15.1 Å². The van der Waals surface area contributed by atoms with Crippen molar-refractivity contribution in [2.75, 3.05) is 0 Å². The molecule has 5 rings (SSSR count). The molecule has 2 aliphatic carbocycles. The van der Waals surface area contributed by atoms with E-state index in [-0.39, 0.29) is 30.8 Å². The second-order valence-corrected chi connectivity index (χ2v) is 14.1. The van der Waals surface area contributed by atoms with Gasteiger partial charge in [0.1, 0.15) is 22.7 Å². The number of amides is 3. The van der Waals surface area contributed by atoms with E-state index in [2.05, 4.69) is 5.32 Å². The van der Waals surface area contributed by atoms with Crippen LogP contribution in [0.4, 0.5) is 0 Å². The second kappa shape index (κ2) is 9.19. The molecule has 9 nitrogen and oxygen atoms in total. The van der Waals surface area contributed by atoms with Crippen molar-refractivity contribution in [3.63, 3.8) is 0 Å². The first-order valence-corrected chi connectivity index (χ1v) is 14.8. The van der Waals surface area contributed by atoms with Crippen LogP contribution in [-0.2, 0) is 30.8 Å². The summed E-state index contributed by atoms with van der Waals surface area (Å²) in [6.45, 7) is 3.09. The molecule has 3 amide bonds. The van der Waals surface area contributed by atoms with Crippen LogP contribution in [0.1, 0.15) is 90.2 Å². The number of β-lactam (4-membered cyclic amide) rings is 1. The number of hydrogen-bond donors (Lipinski definition) is 1. The Morgan fingerprint density at radius 1 is 1.11 bits per heavy atom. The topological polar surface area (TPSA) is 117 Å². The maximum Gasteiger partial charge on any atom is 0.248 e. The van der Waals surface area contributed by atoms with Gasteiger partial charge in [-0.2, -0.15) is 0 Å². The van der Waals surface area contributed by atoms with Crippen LogP contribution >= 0.6 is 0 Å². The quantitative estimate of drug-likeness (QED) is 0.578. The molecule has 0 radical (unpaired) electrons. The highest BCUT2D eigenvalue weighted by molar-refractivity contribution is 7.93. The molecule has 2 saturated heterocycles. The van der Waals surface area contributed by atoms with Crippen molar-refractivity contribution < 1.29 is 27.2 Å². The minimum Gasteiger partial charge on any atom is -0.467 e. The average Bonchev–Trinajstić information content (AvgIpc) is 3.41. The zero-order valence-corrected chi connectivity index (χ0v) is 22.0. The smallest absolute Gasteiger partial charge is 0.248 e. The zero-order chi connectivity index (χ0) is 25.7. The van der Waals surface area contributed by atoms with Crippen LogP contribution < -0.4 is 5.32 Å². The van der Waals surface area contributed by atoms with Gasteiger partial charge in [0.25, 0.3) is 0 Å². The van der Waals surface area contributed by atoms with Gasteiger partial charge in [0.05, 0.1) is 24.0 Å². The molecule has 1 N–H and O–H groups in total. The van der Waals surface area contributed by atoms with E-state index >= 15 is 0 Å². The molecule has 2 saturated carbocycles. The minimum absolute atomic E-state index is 0.0449. The summed E-state index contributed by atoms with van der Waals surface area (Å²) in [7, 11) is -3.75. The van der Waals surface area contributed by atoms with E-state index in [1.54, 1.807) is 17.0 Å². The van der Waals surface area contributed by atoms with Crippen molar-refractivity contribution in [1.29, 1.82) is 0 Å². The van der Waals surface area contributed by atoms with Gasteiger partial charge in [-0.3, -0.25) is 14.4 Å². The molecule has 2 aliphatic heterocycles. The maximum atomic E-state index is 14.5. The standard InChI is InChI=1S/C26H37N3O6S/c1-25(2)22(29-20(30)16-21(29)36(25,33)34)23(31)28(17-19-12-9-15-35-19)26(13-7-4-8-14-26)24(32)27-18-10-5-3-6-11-18/h9,12,15,18,21-22H,3-8,10-11,13-14,16-17H2,1-2H3,(H,27,32)/t21-,22-/m0/s1. The van der Waals surface area contributed by atoms with Gasteiger partial charge >= 0.3 is 0 Å². The van der Waals surface area contributed by atoms with Crippen LogP contribution in [-0.4, -0.2) is 63.7 Å². The van der Waals surface area contributed by atoms with E-state index in [0.29, 0.717) is 18.6 Å². The number of hydrogen-bond acceptors (Lipinski definition) is 6. The monoisotopic (exact) mass is 519 g/mol. The third-order valence-electron chi connectivity index (χ3n) is 8.93. The number of carbonyl (C=O) groups is 3. The first kappa shape index (κ1) is 25.3. The van der Waals surface area contributed by atoms with Gasteiger partial charge in [-0.15, -0.1) is 0 Å². The lowest BCUT2D eigenvalue weighted by Gasteiger charge is -2.48. The third kappa shape index (κ3) is 3.87. The van der Waals surface area contributed by atoms with Crippen molar-refractivity contribution in [3.8, 4) is 0 Å². The van der Waals surface area contributed by atoms with E-state index in [0.717, 1.165) is 51.4 Å². The van der Waals surface area contributed by atoms with E-state index in [1.165, 1.54) is 25.0 Å². The number of carbonyl (C=O) groups excluding carboxylic acids is 3. The Morgan fingerprint density at radius 2 is 1.78 bits per heavy atom. The largest absolute Gasteiger partial charge is 0.467 e. The Morgan fingerprint density at radius 3 is 2.39 bits per heavy atom. The molecule has 3 heterocycles. The Bertz CT molecular complexity index is 1120. The summed E-state index contributed by atoms with van der Waals surface area (Å²) in [5, 5.41) is 2.28. The first-order valence-electron chi connectivity index (χ1n) is 13.3. The van der Waals surface area contributed by atoms with Gasteiger partial charge in [-0.1, -0.05) is 38.5 Å². The van der Waals surface area contributed by atoms with Crippen LogP contribution in [0.2, 0.25) is 0 Å². The van der Waals surface area contributed by atoms with Crippen LogP contribution in [0.3, 0.4) is 0 Å². The predicted molar refractivity (Wildman–Crippen MR) is 132 cm³/mol. The van der Waals surface area contributed by atoms with Crippen molar-refractivity contribution in [2.45, 2.75) is 119 Å². The number of nitrogens with one attached hydrogen (secondary N) is 1. The SMILES string of the molecule is CC1(C)[C@H](C(=O)N(Cc2ccco2)C2(C(=O)NC3CCCCC3)CCCCC2)N2C(=O)C[C@@H]2S1(=O)=O. The number of nitrogens with zero attached hydrogens (tertiary/aromatic N) is 2. The summed E-state index contributed by atoms with van der Waals surface area (Å²) in [6, 6.07) is 2.39. The average molecular weight is 520 g/mol. The van der Waals surface area contributed by atoms with Crippen LogP contribution in [0.25, 0.3) is 0 Å². The second-order valence-electron chi connectivity index (χ2n) is 11.4. The maximum absolute atomic E-state index is 14.5. The van der Waals surface area contributed by atoms with Crippen molar-refractivity contribution in [2.24, 2.45) is 0 Å². The van der Waals surface area contributed by atoms with Crippen LogP contribution in [0, 0.1) is 0 Å². The van der Waals surface area contributed by atoms with Gasteiger partial charge in [0.15, 0.2) is 9.84 Å². The van der Waals surface area contributed by atoms with E-state index in [1.807, 2.05) is 0 Å². The number of furan rings is 1. The van der Waals surface area contributed by atoms with Gasteiger partial charge in [-0.05, 0) is 51.7 Å². The molecule has 4 aliphatic rings. The summed E-state index contributed by atoms with van der Waals surface area (Å²) in [5.41, 5.74) is -1.12. The minimum atomic E-state index is -3.75. The fraction of sp³-hybridized carbons (Fsp3) is 0.731. The third-order valence-corrected chi connectivity index (χ3v) is 11.7. The van der Waals surface area contributed by atoms with Crippen molar-refractivity contribution in [3.05, 3.63) is 24.2 Å². The molecule has 4 fully saturated rings. The van der Waals surface area contributed by atoms with Crippen LogP contribution in [0.15, 0.2) is 22.8 Å². The zero-order valence-electron chi connectivity index (χ0n) is 21.2. The van der Waals surface area contributed by atoms with Gasteiger partial charge in [-0.25, -0.2) is 8.42 Å². The summed E-state index contributed by atoms with van der Waals surface area (Å²) in [5.74, 6) is -0.478. The normalized spacial score (nSPS) is 28.7. The molecule has 0 unspecified atom stereocenters. The Labute approximate surface area is 212 Å². The van der Waals surface area contributed by atoms with Crippen molar-refractivity contribution >= 4 is 27.6 Å². The molecule has 198 valence electrons. The number of fused-ring (bicyclic) bond motifs is 1. The molecule has 0 aromatic carbocycles. The number of rotatable bonds is 6. The Balaban J connectivity index is 1.54. The lowest BCUT2D eigenvalue weighted by atomic mass is 9.78. The summed E-state index contributed by atoms with van der Waals surface area (Å²) in [4.78, 5) is 43.9. The molecule has 0 bridgehead atoms. The molecular formula is C26H37N3O6S. The first-order chi connectivity index (χ1) is 17.1. The molecule has 1 aromatic heterocycles. The highest BCUT2D eigenvalue weighted by atomic mass is 32.2. The van der Waals surface area contributed by atoms with Gasteiger partial charge in [0.2, 0.25) is 17.7 Å². The lowest BCUT2D eigenvalue weighted by molar-refractivity contribution is -0.162. The molecule has 1 aromatic rings. The lowest BCUT2D eigenvalue weighted by Crippen LogP contribution is -2.67. The molecule has 10 heteroatoms. The number of sulfone groups is 1. The summed E-state index contributed by atoms with van der Waals surface area (Å²) < 4.78 is 30.7. The van der Waals surface area contributed by atoms with E-state index in [9.17, 15) is 22.8 Å². The van der Waals surface area contributed by atoms with Gasteiger partial charge < -0.3 is 19.5 Å². The van der Waals surface area contributed by atoms with Gasteiger partial charge in [0, 0.05) is 6.04 Å². The predicted octanol–water partition coefficient (Wildman–Crippen LogP) is 2.89. The van der Waals surface area contributed by atoms with Crippen LogP contribution in [0.5, 0.6) is 0 Å². The fourth-order valence-corrected chi connectivity index (χ4v) is 8.82. The molecule has 2 atom stereocenters. The summed E-state index contributed by atoms with van der Waals surface area (Å²) >= 11 is 0.